The lowest BCUT2D eigenvalue weighted by Crippen LogP contribution is -2.04. The van der Waals surface area contributed by atoms with Crippen molar-refractivity contribution in [3.63, 3.8) is 0 Å². The van der Waals surface area contributed by atoms with E-state index in [4.69, 9.17) is 11.6 Å². The van der Waals surface area contributed by atoms with Crippen LogP contribution in [0.5, 0.6) is 0 Å². The Labute approximate surface area is 90.1 Å². The first-order chi connectivity index (χ1) is 6.63. The molecule has 0 fully saturated rings. The van der Waals surface area contributed by atoms with Crippen molar-refractivity contribution in [3.05, 3.63) is 34.9 Å². The van der Waals surface area contributed by atoms with Gasteiger partial charge < -0.3 is 4.79 Å². The lowest BCUT2D eigenvalue weighted by Gasteiger charge is -2.13. The molecular weight excluding hydrogens is 196 g/mol. The van der Waals surface area contributed by atoms with Crippen LogP contribution in [0.3, 0.4) is 0 Å². The number of hydrogen-bond donors (Lipinski definition) is 0. The van der Waals surface area contributed by atoms with Gasteiger partial charge in [-0.1, -0.05) is 37.6 Å². The molecular formula is C12H15ClO. The number of aldehydes is 1. The fourth-order valence-electron chi connectivity index (χ4n) is 1.52. The molecule has 0 aromatic heterocycles. The average molecular weight is 211 g/mol. The summed E-state index contributed by atoms with van der Waals surface area (Å²) >= 11 is 5.87. The standard InChI is InChI=1S/C12H15ClO/c1-9(2)6-11(8-14)10-4-3-5-12(13)7-10/h3-5,7-9,11H,6H2,1-2H3. The van der Waals surface area contributed by atoms with Crippen molar-refractivity contribution in [1.82, 2.24) is 0 Å². The summed E-state index contributed by atoms with van der Waals surface area (Å²) in [5, 5.41) is 0.693. The second kappa shape index (κ2) is 5.16. The molecule has 1 atom stereocenters. The summed E-state index contributed by atoms with van der Waals surface area (Å²) in [6.07, 6.45) is 1.88. The van der Waals surface area contributed by atoms with Crippen LogP contribution < -0.4 is 0 Å². The van der Waals surface area contributed by atoms with E-state index in [1.165, 1.54) is 0 Å². The first-order valence-corrected chi connectivity index (χ1v) is 5.22. The molecule has 0 heterocycles. The number of hydrogen-bond acceptors (Lipinski definition) is 1. The zero-order valence-electron chi connectivity index (χ0n) is 8.53. The van der Waals surface area contributed by atoms with Crippen molar-refractivity contribution in [2.75, 3.05) is 0 Å². The highest BCUT2D eigenvalue weighted by atomic mass is 35.5. The van der Waals surface area contributed by atoms with E-state index in [0.29, 0.717) is 10.9 Å². The van der Waals surface area contributed by atoms with Crippen molar-refractivity contribution in [2.24, 2.45) is 5.92 Å². The Hall–Kier alpha value is -0.820. The molecule has 0 bridgehead atoms. The van der Waals surface area contributed by atoms with Gasteiger partial charge in [-0.05, 0) is 30.0 Å². The van der Waals surface area contributed by atoms with Crippen molar-refractivity contribution in [2.45, 2.75) is 26.2 Å². The highest BCUT2D eigenvalue weighted by Gasteiger charge is 2.12. The second-order valence-electron chi connectivity index (χ2n) is 3.93. The summed E-state index contributed by atoms with van der Waals surface area (Å²) in [7, 11) is 0. The van der Waals surface area contributed by atoms with Crippen molar-refractivity contribution in [1.29, 1.82) is 0 Å². The van der Waals surface area contributed by atoms with Crippen LogP contribution in [-0.4, -0.2) is 6.29 Å². The molecule has 1 aromatic carbocycles. The van der Waals surface area contributed by atoms with Crippen molar-refractivity contribution >= 4 is 17.9 Å². The minimum absolute atomic E-state index is 0.0197. The predicted octanol–water partition coefficient (Wildman–Crippen LogP) is 3.67. The van der Waals surface area contributed by atoms with Gasteiger partial charge in [0.1, 0.15) is 6.29 Å². The van der Waals surface area contributed by atoms with Gasteiger partial charge in [0.15, 0.2) is 0 Å². The zero-order valence-corrected chi connectivity index (χ0v) is 9.29. The molecule has 1 unspecified atom stereocenters. The van der Waals surface area contributed by atoms with Crippen molar-refractivity contribution < 1.29 is 4.79 Å². The van der Waals surface area contributed by atoms with Gasteiger partial charge in [0.2, 0.25) is 0 Å². The van der Waals surface area contributed by atoms with Gasteiger partial charge in [-0.3, -0.25) is 0 Å². The normalized spacial score (nSPS) is 12.9. The van der Waals surface area contributed by atoms with E-state index in [9.17, 15) is 4.79 Å². The van der Waals surface area contributed by atoms with Crippen LogP contribution in [0, 0.1) is 5.92 Å². The van der Waals surface area contributed by atoms with E-state index in [0.717, 1.165) is 18.3 Å². The summed E-state index contributed by atoms with van der Waals surface area (Å²) in [6.45, 7) is 4.22. The summed E-state index contributed by atoms with van der Waals surface area (Å²) in [4.78, 5) is 10.9. The van der Waals surface area contributed by atoms with Gasteiger partial charge in [0, 0.05) is 10.9 Å². The topological polar surface area (TPSA) is 17.1 Å². The van der Waals surface area contributed by atoms with Crippen LogP contribution in [-0.2, 0) is 4.79 Å². The monoisotopic (exact) mass is 210 g/mol. The smallest absolute Gasteiger partial charge is 0.127 e. The van der Waals surface area contributed by atoms with Crippen LogP contribution in [0.15, 0.2) is 24.3 Å². The Kier molecular flexibility index (Phi) is 4.15. The van der Waals surface area contributed by atoms with Gasteiger partial charge >= 0.3 is 0 Å². The molecule has 0 aliphatic heterocycles. The quantitative estimate of drug-likeness (QED) is 0.694. The molecule has 14 heavy (non-hydrogen) atoms. The maximum atomic E-state index is 10.9. The number of rotatable bonds is 4. The fourth-order valence-corrected chi connectivity index (χ4v) is 1.71. The average Bonchev–Trinajstić information content (AvgIpc) is 2.14. The molecule has 0 spiro atoms. The van der Waals surface area contributed by atoms with E-state index in [-0.39, 0.29) is 5.92 Å². The van der Waals surface area contributed by atoms with Crippen LogP contribution in [0.1, 0.15) is 31.7 Å². The maximum Gasteiger partial charge on any atom is 0.127 e. The summed E-state index contributed by atoms with van der Waals surface area (Å²) in [5.74, 6) is 0.498. The maximum absolute atomic E-state index is 10.9. The zero-order chi connectivity index (χ0) is 10.6. The first-order valence-electron chi connectivity index (χ1n) is 4.84. The Morgan fingerprint density at radius 3 is 2.64 bits per heavy atom. The van der Waals surface area contributed by atoms with E-state index in [2.05, 4.69) is 13.8 Å². The lowest BCUT2D eigenvalue weighted by atomic mass is 9.92. The molecule has 0 saturated heterocycles. The highest BCUT2D eigenvalue weighted by Crippen LogP contribution is 2.23. The SMILES string of the molecule is CC(C)CC(C=O)c1cccc(Cl)c1. The molecule has 1 rings (SSSR count). The summed E-state index contributed by atoms with van der Waals surface area (Å²) < 4.78 is 0. The van der Waals surface area contributed by atoms with Crippen LogP contribution >= 0.6 is 11.6 Å². The molecule has 2 heteroatoms. The Morgan fingerprint density at radius 1 is 1.43 bits per heavy atom. The predicted molar refractivity (Wildman–Crippen MR) is 59.7 cm³/mol. The van der Waals surface area contributed by atoms with Crippen LogP contribution in [0.4, 0.5) is 0 Å². The Morgan fingerprint density at radius 2 is 2.14 bits per heavy atom. The van der Waals surface area contributed by atoms with Crippen LogP contribution in [0.2, 0.25) is 5.02 Å². The molecule has 0 aliphatic carbocycles. The molecule has 0 amide bonds. The van der Waals surface area contributed by atoms with E-state index in [1.807, 2.05) is 24.3 Å². The summed E-state index contributed by atoms with van der Waals surface area (Å²) in [5.41, 5.74) is 1.02. The van der Waals surface area contributed by atoms with Gasteiger partial charge in [-0.25, -0.2) is 0 Å². The van der Waals surface area contributed by atoms with Gasteiger partial charge in [-0.2, -0.15) is 0 Å². The van der Waals surface area contributed by atoms with Gasteiger partial charge in [0.05, 0.1) is 0 Å². The number of halogens is 1. The third-order valence-corrected chi connectivity index (χ3v) is 2.40. The van der Waals surface area contributed by atoms with Gasteiger partial charge in [0.25, 0.3) is 0 Å². The molecule has 1 aromatic rings. The van der Waals surface area contributed by atoms with Crippen LogP contribution in [0.25, 0.3) is 0 Å². The minimum atomic E-state index is -0.0197. The molecule has 0 N–H and O–H groups in total. The number of carbonyl (C=O) groups is 1. The second-order valence-corrected chi connectivity index (χ2v) is 4.36. The first kappa shape index (κ1) is 11.3. The molecule has 0 saturated carbocycles. The largest absolute Gasteiger partial charge is 0.303 e. The number of benzene rings is 1. The molecule has 0 radical (unpaired) electrons. The van der Waals surface area contributed by atoms with E-state index in [1.54, 1.807) is 0 Å². The highest BCUT2D eigenvalue weighted by molar-refractivity contribution is 6.30. The lowest BCUT2D eigenvalue weighted by molar-refractivity contribution is -0.109. The molecule has 76 valence electrons. The van der Waals surface area contributed by atoms with Crippen molar-refractivity contribution in [3.8, 4) is 0 Å². The van der Waals surface area contributed by atoms with E-state index < -0.39 is 0 Å². The molecule has 1 nitrogen and oxygen atoms in total. The number of carbonyl (C=O) groups excluding carboxylic acids is 1. The third-order valence-electron chi connectivity index (χ3n) is 2.17. The van der Waals surface area contributed by atoms with E-state index >= 15 is 0 Å². The Bertz CT molecular complexity index is 307. The Balaban J connectivity index is 2.83. The minimum Gasteiger partial charge on any atom is -0.303 e. The third kappa shape index (κ3) is 3.15. The fraction of sp³-hybridized carbons (Fsp3) is 0.417. The molecule has 0 aliphatic rings. The van der Waals surface area contributed by atoms with Gasteiger partial charge in [-0.15, -0.1) is 0 Å². The summed E-state index contributed by atoms with van der Waals surface area (Å²) in [6, 6.07) is 7.52.